The lowest BCUT2D eigenvalue weighted by Gasteiger charge is -2.32. The van der Waals surface area contributed by atoms with Gasteiger partial charge in [-0.3, -0.25) is 14.9 Å². The first-order chi connectivity index (χ1) is 9.88. The highest BCUT2D eigenvalue weighted by atomic mass is 16.6. The number of rotatable bonds is 3. The van der Waals surface area contributed by atoms with Gasteiger partial charge in [-0.15, -0.1) is 0 Å². The van der Waals surface area contributed by atoms with Crippen LogP contribution in [0.3, 0.4) is 0 Å². The molecular weight excluding hydrogens is 272 g/mol. The number of hydrogen-bond acceptors (Lipinski definition) is 5. The number of carbonyl (C=O) groups is 1. The molecular formula is C14H20N4O3. The predicted molar refractivity (Wildman–Crippen MR) is 78.7 cm³/mol. The van der Waals surface area contributed by atoms with Gasteiger partial charge in [0, 0.05) is 6.04 Å². The summed E-state index contributed by atoms with van der Waals surface area (Å²) in [6.45, 7) is 4.37. The highest BCUT2D eigenvalue weighted by Crippen LogP contribution is 2.29. The van der Waals surface area contributed by atoms with E-state index in [-0.39, 0.29) is 23.1 Å². The lowest BCUT2D eigenvalue weighted by atomic mass is 9.79. The summed E-state index contributed by atoms with van der Waals surface area (Å²) in [4.78, 5) is 26.3. The third kappa shape index (κ3) is 3.48. The Morgan fingerprint density at radius 3 is 2.76 bits per heavy atom. The summed E-state index contributed by atoms with van der Waals surface area (Å²) in [5.41, 5.74) is 5.18. The molecule has 3 N–H and O–H groups in total. The van der Waals surface area contributed by atoms with Crippen molar-refractivity contribution in [1.29, 1.82) is 0 Å². The fraction of sp³-hybridized carbons (Fsp3) is 0.571. The van der Waals surface area contributed by atoms with E-state index >= 15 is 0 Å². The zero-order chi connectivity index (χ0) is 15.6. The van der Waals surface area contributed by atoms with Crippen molar-refractivity contribution in [2.45, 2.75) is 39.2 Å². The van der Waals surface area contributed by atoms with Gasteiger partial charge in [-0.2, -0.15) is 0 Å². The van der Waals surface area contributed by atoms with E-state index in [2.05, 4.69) is 24.1 Å². The lowest BCUT2D eigenvalue weighted by Crippen LogP contribution is -2.40. The first-order valence-electron chi connectivity index (χ1n) is 7.09. The summed E-state index contributed by atoms with van der Waals surface area (Å²) in [6.07, 6.45) is 3.86. The Balaban J connectivity index is 2.13. The number of nitrogens with one attached hydrogen (secondary N) is 1. The fourth-order valence-electron chi connectivity index (χ4n) is 2.73. The van der Waals surface area contributed by atoms with Crippen molar-refractivity contribution in [3.63, 3.8) is 0 Å². The van der Waals surface area contributed by atoms with E-state index in [1.165, 1.54) is 6.07 Å². The molecule has 7 heteroatoms. The average molecular weight is 292 g/mol. The van der Waals surface area contributed by atoms with Crippen LogP contribution in [0.1, 0.15) is 43.5 Å². The van der Waals surface area contributed by atoms with Gasteiger partial charge >= 0.3 is 0 Å². The van der Waals surface area contributed by atoms with Crippen LogP contribution in [0.25, 0.3) is 0 Å². The van der Waals surface area contributed by atoms with Crippen LogP contribution < -0.4 is 11.1 Å². The molecule has 0 spiro atoms. The number of amides is 1. The number of nitrogens with two attached hydrogens (primary N) is 1. The van der Waals surface area contributed by atoms with Gasteiger partial charge < -0.3 is 11.1 Å². The minimum absolute atomic E-state index is 0.0289. The van der Waals surface area contributed by atoms with E-state index in [0.29, 0.717) is 11.8 Å². The molecule has 3 unspecified atom stereocenters. The van der Waals surface area contributed by atoms with Gasteiger partial charge in [0.15, 0.2) is 0 Å². The van der Waals surface area contributed by atoms with Crippen LogP contribution in [-0.2, 0) is 0 Å². The second kappa shape index (κ2) is 6.07. The van der Waals surface area contributed by atoms with Crippen LogP contribution in [0.4, 0.5) is 11.5 Å². The lowest BCUT2D eigenvalue weighted by molar-refractivity contribution is -0.385. The molecule has 1 aromatic rings. The molecule has 1 aliphatic rings. The minimum atomic E-state index is -0.618. The molecule has 1 aliphatic carbocycles. The third-order valence-corrected chi connectivity index (χ3v) is 4.28. The van der Waals surface area contributed by atoms with Gasteiger partial charge in [0.25, 0.3) is 11.6 Å². The first-order valence-corrected chi connectivity index (χ1v) is 7.09. The number of aromatic nitrogens is 1. The van der Waals surface area contributed by atoms with E-state index < -0.39 is 10.8 Å². The molecule has 21 heavy (non-hydrogen) atoms. The molecule has 3 atom stereocenters. The van der Waals surface area contributed by atoms with Gasteiger partial charge in [-0.05, 0) is 37.2 Å². The Morgan fingerprint density at radius 1 is 1.43 bits per heavy atom. The number of nitrogen functional groups attached to an aromatic ring is 1. The molecule has 114 valence electrons. The Bertz CT molecular complexity index is 561. The molecule has 0 saturated heterocycles. The zero-order valence-corrected chi connectivity index (χ0v) is 12.2. The summed E-state index contributed by atoms with van der Waals surface area (Å²) < 4.78 is 0. The number of nitrogens with zero attached hydrogens (tertiary/aromatic N) is 2. The summed E-state index contributed by atoms with van der Waals surface area (Å²) in [5, 5.41) is 13.9. The number of nitro groups is 1. The normalized spacial score (nSPS) is 25.3. The molecule has 1 saturated carbocycles. The molecule has 1 heterocycles. The second-order valence-electron chi connectivity index (χ2n) is 5.82. The molecule has 1 aromatic heterocycles. The molecule has 0 aromatic carbocycles. The van der Waals surface area contributed by atoms with Crippen LogP contribution in [0.15, 0.2) is 12.3 Å². The maximum absolute atomic E-state index is 12.3. The Kier molecular flexibility index (Phi) is 4.40. The maximum atomic E-state index is 12.3. The molecule has 7 nitrogen and oxygen atoms in total. The van der Waals surface area contributed by atoms with Gasteiger partial charge in [0.1, 0.15) is 17.6 Å². The second-order valence-corrected chi connectivity index (χ2v) is 5.82. The fourth-order valence-corrected chi connectivity index (χ4v) is 2.73. The summed E-state index contributed by atoms with van der Waals surface area (Å²) in [5.74, 6) is 0.810. The van der Waals surface area contributed by atoms with Crippen LogP contribution in [0, 0.1) is 22.0 Å². The molecule has 0 bridgehead atoms. The van der Waals surface area contributed by atoms with Crippen LogP contribution in [0.2, 0.25) is 0 Å². The molecule has 1 amide bonds. The smallest absolute Gasteiger partial charge is 0.300 e. The molecule has 0 aliphatic heterocycles. The maximum Gasteiger partial charge on any atom is 0.300 e. The number of hydrogen-bond donors (Lipinski definition) is 2. The van der Waals surface area contributed by atoms with E-state index in [1.54, 1.807) is 0 Å². The van der Waals surface area contributed by atoms with Crippen molar-refractivity contribution in [3.05, 3.63) is 27.9 Å². The first kappa shape index (κ1) is 15.2. The Hall–Kier alpha value is -2.18. The number of carbonyl (C=O) groups excluding carboxylic acids is 1. The van der Waals surface area contributed by atoms with Crippen molar-refractivity contribution in [2.75, 3.05) is 5.73 Å². The van der Waals surface area contributed by atoms with Crippen LogP contribution in [-0.4, -0.2) is 21.9 Å². The van der Waals surface area contributed by atoms with Gasteiger partial charge in [-0.1, -0.05) is 13.8 Å². The molecule has 1 fully saturated rings. The molecule has 2 rings (SSSR count). The topological polar surface area (TPSA) is 111 Å². The monoisotopic (exact) mass is 292 g/mol. The number of pyridine rings is 1. The van der Waals surface area contributed by atoms with Crippen molar-refractivity contribution in [2.24, 2.45) is 11.8 Å². The van der Waals surface area contributed by atoms with E-state index in [9.17, 15) is 14.9 Å². The van der Waals surface area contributed by atoms with Crippen LogP contribution >= 0.6 is 0 Å². The van der Waals surface area contributed by atoms with Crippen LogP contribution in [0.5, 0.6) is 0 Å². The highest BCUT2D eigenvalue weighted by Gasteiger charge is 2.28. The quantitative estimate of drug-likeness (QED) is 0.654. The van der Waals surface area contributed by atoms with Gasteiger partial charge in [0.2, 0.25) is 0 Å². The van der Waals surface area contributed by atoms with Crippen molar-refractivity contribution >= 4 is 17.4 Å². The van der Waals surface area contributed by atoms with E-state index in [0.717, 1.165) is 25.5 Å². The van der Waals surface area contributed by atoms with E-state index in [4.69, 9.17) is 5.73 Å². The average Bonchev–Trinajstić information content (AvgIpc) is 2.42. The predicted octanol–water partition coefficient (Wildman–Crippen LogP) is 2.13. The summed E-state index contributed by atoms with van der Waals surface area (Å²) >= 11 is 0. The van der Waals surface area contributed by atoms with Crippen molar-refractivity contribution in [3.8, 4) is 0 Å². The SMILES string of the molecule is CC1CCC(NC(=O)c2cc(N)ncc2[N+](=O)[O-])CC1C. The summed E-state index contributed by atoms with van der Waals surface area (Å²) in [7, 11) is 0. The molecule has 0 radical (unpaired) electrons. The van der Waals surface area contributed by atoms with Crippen molar-refractivity contribution in [1.82, 2.24) is 10.3 Å². The van der Waals surface area contributed by atoms with Crippen molar-refractivity contribution < 1.29 is 9.72 Å². The highest BCUT2D eigenvalue weighted by molar-refractivity contribution is 5.98. The minimum Gasteiger partial charge on any atom is -0.384 e. The Labute approximate surface area is 123 Å². The third-order valence-electron chi connectivity index (χ3n) is 4.28. The van der Waals surface area contributed by atoms with Gasteiger partial charge in [-0.25, -0.2) is 4.98 Å². The Morgan fingerprint density at radius 2 is 2.14 bits per heavy atom. The summed E-state index contributed by atoms with van der Waals surface area (Å²) in [6, 6.07) is 1.31. The standard InChI is InChI=1S/C14H20N4O3/c1-8-3-4-10(5-9(8)2)17-14(19)11-6-13(15)16-7-12(11)18(20)21/h6-10H,3-5H2,1-2H3,(H2,15,16)(H,17,19). The number of anilines is 1. The van der Waals surface area contributed by atoms with E-state index in [1.807, 2.05) is 0 Å². The largest absolute Gasteiger partial charge is 0.384 e. The van der Waals surface area contributed by atoms with Gasteiger partial charge in [0.05, 0.1) is 4.92 Å². The zero-order valence-electron chi connectivity index (χ0n) is 12.2.